The minimum absolute atomic E-state index is 0.229. The molecule has 0 aliphatic heterocycles. The smallest absolute Gasteiger partial charge is 0.141 e. The van der Waals surface area contributed by atoms with Gasteiger partial charge < -0.3 is 10.4 Å². The molecular formula is C13H16N2OS. The van der Waals surface area contributed by atoms with Crippen molar-refractivity contribution in [2.45, 2.75) is 12.3 Å². The monoisotopic (exact) mass is 248 g/mol. The molecule has 2 rings (SSSR count). The largest absolute Gasteiger partial charge is 0.506 e. The highest BCUT2D eigenvalue weighted by molar-refractivity contribution is 7.98. The van der Waals surface area contributed by atoms with Gasteiger partial charge in [0.05, 0.1) is 5.37 Å². The number of hydrogen-bond acceptors (Lipinski definition) is 4. The molecule has 90 valence electrons. The Morgan fingerprint density at radius 2 is 2.24 bits per heavy atom. The number of hydrogen-bond donors (Lipinski definition) is 2. The van der Waals surface area contributed by atoms with Gasteiger partial charge in [0.1, 0.15) is 11.3 Å². The highest BCUT2D eigenvalue weighted by atomic mass is 32.2. The lowest BCUT2D eigenvalue weighted by Gasteiger charge is -2.17. The molecule has 4 heteroatoms. The second-order valence-electron chi connectivity index (χ2n) is 3.75. The van der Waals surface area contributed by atoms with E-state index in [1.807, 2.05) is 18.2 Å². The van der Waals surface area contributed by atoms with E-state index in [1.165, 1.54) is 5.56 Å². The zero-order chi connectivity index (χ0) is 12.3. The molecule has 3 nitrogen and oxygen atoms in total. The molecule has 0 amide bonds. The standard InChI is InChI=1S/C13H16N2OS/c1-3-14-13(17-2)10-6-7-11(16)12-9(10)5-4-8-15-12/h4-8,13-14,16H,3H2,1-2H3. The van der Waals surface area contributed by atoms with Crippen LogP contribution in [0, 0.1) is 0 Å². The number of aromatic nitrogens is 1. The Kier molecular flexibility index (Phi) is 3.86. The summed E-state index contributed by atoms with van der Waals surface area (Å²) in [6, 6.07) is 7.57. The third-order valence-corrected chi connectivity index (χ3v) is 3.58. The summed E-state index contributed by atoms with van der Waals surface area (Å²) in [6.07, 6.45) is 3.77. The lowest BCUT2D eigenvalue weighted by atomic mass is 10.1. The van der Waals surface area contributed by atoms with Crippen molar-refractivity contribution in [3.05, 3.63) is 36.0 Å². The summed E-state index contributed by atoms with van der Waals surface area (Å²) in [6.45, 7) is 3.00. The molecule has 0 aliphatic carbocycles. The van der Waals surface area contributed by atoms with Crippen LogP contribution in [0.1, 0.15) is 17.9 Å². The Hall–Kier alpha value is -1.26. The van der Waals surface area contributed by atoms with Gasteiger partial charge >= 0.3 is 0 Å². The van der Waals surface area contributed by atoms with Crippen LogP contribution in [-0.2, 0) is 0 Å². The fraction of sp³-hybridized carbons (Fsp3) is 0.308. The van der Waals surface area contributed by atoms with Crippen molar-refractivity contribution in [3.8, 4) is 5.75 Å². The molecule has 0 saturated heterocycles. The lowest BCUT2D eigenvalue weighted by Crippen LogP contribution is -2.17. The number of fused-ring (bicyclic) bond motifs is 1. The Morgan fingerprint density at radius 3 is 2.94 bits per heavy atom. The van der Waals surface area contributed by atoms with Gasteiger partial charge in [-0.15, -0.1) is 11.8 Å². The molecule has 2 aromatic rings. The van der Waals surface area contributed by atoms with Crippen molar-refractivity contribution in [2.24, 2.45) is 0 Å². The molecular weight excluding hydrogens is 232 g/mol. The van der Waals surface area contributed by atoms with Crippen LogP contribution in [0.4, 0.5) is 0 Å². The van der Waals surface area contributed by atoms with Crippen LogP contribution in [0.15, 0.2) is 30.5 Å². The summed E-state index contributed by atoms with van der Waals surface area (Å²) in [7, 11) is 0. The lowest BCUT2D eigenvalue weighted by molar-refractivity contribution is 0.480. The molecule has 0 radical (unpaired) electrons. The van der Waals surface area contributed by atoms with Crippen LogP contribution >= 0.6 is 11.8 Å². The minimum atomic E-state index is 0.229. The predicted octanol–water partition coefficient (Wildman–Crippen LogP) is 2.91. The van der Waals surface area contributed by atoms with Crippen molar-refractivity contribution < 1.29 is 5.11 Å². The van der Waals surface area contributed by atoms with E-state index in [-0.39, 0.29) is 11.1 Å². The Balaban J connectivity index is 2.57. The summed E-state index contributed by atoms with van der Waals surface area (Å²) in [5, 5.41) is 14.4. The molecule has 0 bridgehead atoms. The number of phenolic OH excluding ortho intramolecular Hbond substituents is 1. The maximum atomic E-state index is 9.79. The number of phenols is 1. The number of benzene rings is 1. The van der Waals surface area contributed by atoms with E-state index in [1.54, 1.807) is 24.0 Å². The molecule has 0 aliphatic rings. The van der Waals surface area contributed by atoms with Gasteiger partial charge in [0.25, 0.3) is 0 Å². The summed E-state index contributed by atoms with van der Waals surface area (Å²) in [5.74, 6) is 0.237. The quantitative estimate of drug-likeness (QED) is 0.817. The Labute approximate surface area is 105 Å². The second-order valence-corrected chi connectivity index (χ2v) is 4.69. The van der Waals surface area contributed by atoms with E-state index >= 15 is 0 Å². The van der Waals surface area contributed by atoms with E-state index in [0.29, 0.717) is 5.52 Å². The average molecular weight is 248 g/mol. The molecule has 1 aromatic heterocycles. The maximum absolute atomic E-state index is 9.79. The van der Waals surface area contributed by atoms with Crippen molar-refractivity contribution in [1.82, 2.24) is 10.3 Å². The van der Waals surface area contributed by atoms with E-state index in [4.69, 9.17) is 0 Å². The van der Waals surface area contributed by atoms with Gasteiger partial charge in [-0.2, -0.15) is 0 Å². The third kappa shape index (κ3) is 2.37. The molecule has 17 heavy (non-hydrogen) atoms. The summed E-state index contributed by atoms with van der Waals surface area (Å²) in [5.41, 5.74) is 1.84. The van der Waals surface area contributed by atoms with E-state index in [9.17, 15) is 5.11 Å². The normalized spacial score (nSPS) is 12.8. The van der Waals surface area contributed by atoms with Crippen LogP contribution < -0.4 is 5.32 Å². The fourth-order valence-electron chi connectivity index (χ4n) is 1.91. The zero-order valence-corrected chi connectivity index (χ0v) is 10.8. The highest BCUT2D eigenvalue weighted by Crippen LogP contribution is 2.33. The molecule has 0 fully saturated rings. The van der Waals surface area contributed by atoms with Gasteiger partial charge in [0.2, 0.25) is 0 Å². The van der Waals surface area contributed by atoms with E-state index < -0.39 is 0 Å². The first-order valence-electron chi connectivity index (χ1n) is 5.60. The van der Waals surface area contributed by atoms with Gasteiger partial charge in [-0.25, -0.2) is 0 Å². The minimum Gasteiger partial charge on any atom is -0.506 e. The maximum Gasteiger partial charge on any atom is 0.141 e. The summed E-state index contributed by atoms with van der Waals surface area (Å²) < 4.78 is 0. The average Bonchev–Trinajstić information content (AvgIpc) is 2.37. The number of nitrogens with zero attached hydrogens (tertiary/aromatic N) is 1. The molecule has 1 atom stereocenters. The van der Waals surface area contributed by atoms with Crippen molar-refractivity contribution in [3.63, 3.8) is 0 Å². The fourth-order valence-corrected chi connectivity index (χ4v) is 2.71. The molecule has 1 aromatic carbocycles. The van der Waals surface area contributed by atoms with Crippen LogP contribution in [0.3, 0.4) is 0 Å². The molecule has 2 N–H and O–H groups in total. The number of pyridine rings is 1. The zero-order valence-electron chi connectivity index (χ0n) is 9.97. The topological polar surface area (TPSA) is 45.1 Å². The number of aromatic hydroxyl groups is 1. The van der Waals surface area contributed by atoms with Crippen LogP contribution in [0.5, 0.6) is 5.75 Å². The predicted molar refractivity (Wildman–Crippen MR) is 73.3 cm³/mol. The third-order valence-electron chi connectivity index (χ3n) is 2.69. The Bertz CT molecular complexity index is 516. The summed E-state index contributed by atoms with van der Waals surface area (Å²) in [4.78, 5) is 4.23. The van der Waals surface area contributed by atoms with Gasteiger partial charge in [-0.1, -0.05) is 19.1 Å². The van der Waals surface area contributed by atoms with E-state index in [0.717, 1.165) is 11.9 Å². The first-order valence-corrected chi connectivity index (χ1v) is 6.89. The van der Waals surface area contributed by atoms with Crippen LogP contribution in [-0.4, -0.2) is 22.9 Å². The Morgan fingerprint density at radius 1 is 1.41 bits per heavy atom. The summed E-state index contributed by atoms with van der Waals surface area (Å²) >= 11 is 1.75. The molecule has 1 unspecified atom stereocenters. The first-order chi connectivity index (χ1) is 8.27. The highest BCUT2D eigenvalue weighted by Gasteiger charge is 2.13. The second kappa shape index (κ2) is 5.38. The first kappa shape index (κ1) is 12.2. The van der Waals surface area contributed by atoms with Gasteiger partial charge in [-0.3, -0.25) is 4.98 Å². The molecule has 0 spiro atoms. The molecule has 0 saturated carbocycles. The van der Waals surface area contributed by atoms with Gasteiger partial charge in [0.15, 0.2) is 0 Å². The number of rotatable bonds is 4. The van der Waals surface area contributed by atoms with Crippen LogP contribution in [0.25, 0.3) is 10.9 Å². The van der Waals surface area contributed by atoms with Gasteiger partial charge in [0, 0.05) is 11.6 Å². The van der Waals surface area contributed by atoms with Crippen molar-refractivity contribution in [1.29, 1.82) is 0 Å². The number of nitrogens with one attached hydrogen (secondary N) is 1. The van der Waals surface area contributed by atoms with Gasteiger partial charge in [-0.05, 0) is 30.5 Å². The van der Waals surface area contributed by atoms with E-state index in [2.05, 4.69) is 23.5 Å². The van der Waals surface area contributed by atoms with Crippen molar-refractivity contribution in [2.75, 3.05) is 12.8 Å². The van der Waals surface area contributed by atoms with Crippen molar-refractivity contribution >= 4 is 22.7 Å². The molecule has 1 heterocycles. The van der Waals surface area contributed by atoms with Crippen LogP contribution in [0.2, 0.25) is 0 Å². The SMILES string of the molecule is CCNC(SC)c1ccc(O)c2ncccc12. The number of thioether (sulfide) groups is 1.